The maximum atomic E-state index is 11.9. The van der Waals surface area contributed by atoms with E-state index in [0.29, 0.717) is 0 Å². The van der Waals surface area contributed by atoms with Gasteiger partial charge in [0, 0.05) is 26.0 Å². The lowest BCUT2D eigenvalue weighted by Gasteiger charge is -2.06. The molecule has 2 heterocycles. The van der Waals surface area contributed by atoms with Crippen molar-refractivity contribution in [1.82, 2.24) is 19.1 Å². The third-order valence-electron chi connectivity index (χ3n) is 3.30. The van der Waals surface area contributed by atoms with E-state index in [9.17, 15) is 14.7 Å². The normalized spacial score (nSPS) is 11.3. The van der Waals surface area contributed by atoms with Gasteiger partial charge in [0.15, 0.2) is 0 Å². The van der Waals surface area contributed by atoms with Crippen LogP contribution < -0.4 is 11.2 Å². The van der Waals surface area contributed by atoms with Gasteiger partial charge in [-0.05, 0) is 18.9 Å². The summed E-state index contributed by atoms with van der Waals surface area (Å²) in [5.74, 6) is -0.483. The number of aromatic hydroxyl groups is 1. The fourth-order valence-electron chi connectivity index (χ4n) is 1.87. The number of aromatic nitrogens is 4. The molecule has 0 aliphatic heterocycles. The van der Waals surface area contributed by atoms with Crippen LogP contribution in [0.25, 0.3) is 0 Å². The van der Waals surface area contributed by atoms with Gasteiger partial charge in [0.25, 0.3) is 11.5 Å². The minimum absolute atomic E-state index is 0.0741. The minimum Gasteiger partial charge on any atom is -0.493 e. The van der Waals surface area contributed by atoms with Gasteiger partial charge in [-0.2, -0.15) is 0 Å². The van der Waals surface area contributed by atoms with E-state index < -0.39 is 17.1 Å². The zero-order valence-corrected chi connectivity index (χ0v) is 12.7. The van der Waals surface area contributed by atoms with Crippen molar-refractivity contribution in [2.24, 2.45) is 24.3 Å². The van der Waals surface area contributed by atoms with Crippen molar-refractivity contribution >= 4 is 11.6 Å². The third kappa shape index (κ3) is 2.65. The van der Waals surface area contributed by atoms with Crippen LogP contribution >= 0.6 is 0 Å². The second kappa shape index (κ2) is 5.88. The van der Waals surface area contributed by atoms with Gasteiger partial charge in [0.1, 0.15) is 0 Å². The topological polar surface area (TPSA) is 115 Å². The van der Waals surface area contributed by atoms with Crippen LogP contribution in [0, 0.1) is 6.92 Å². The summed E-state index contributed by atoms with van der Waals surface area (Å²) in [7, 11) is 2.62. The molecule has 1 N–H and O–H groups in total. The molecule has 0 aliphatic rings. The predicted molar refractivity (Wildman–Crippen MR) is 78.9 cm³/mol. The van der Waals surface area contributed by atoms with Crippen LogP contribution in [0.1, 0.15) is 18.2 Å². The second-order valence-electron chi connectivity index (χ2n) is 4.71. The Labute approximate surface area is 125 Å². The Morgan fingerprint density at radius 2 is 1.91 bits per heavy atom. The van der Waals surface area contributed by atoms with Gasteiger partial charge in [0.2, 0.25) is 11.6 Å². The Morgan fingerprint density at radius 1 is 1.23 bits per heavy atom. The summed E-state index contributed by atoms with van der Waals surface area (Å²) in [4.78, 5) is 31.7. The SMILES string of the molecule is CCc1cnc(N=Nc2c(O)n(C)c(=O)n(C)c2=O)nc1C. The first kappa shape index (κ1) is 15.5. The number of hydrogen-bond acceptors (Lipinski definition) is 7. The van der Waals surface area contributed by atoms with Crippen molar-refractivity contribution < 1.29 is 5.11 Å². The summed E-state index contributed by atoms with van der Waals surface area (Å²) in [6.07, 6.45) is 2.43. The third-order valence-corrected chi connectivity index (χ3v) is 3.30. The zero-order chi connectivity index (χ0) is 16.4. The van der Waals surface area contributed by atoms with E-state index in [4.69, 9.17) is 0 Å². The Hall–Kier alpha value is -2.84. The summed E-state index contributed by atoms with van der Waals surface area (Å²) < 4.78 is 1.74. The lowest BCUT2D eigenvalue weighted by atomic mass is 10.2. The molecule has 2 aromatic rings. The van der Waals surface area contributed by atoms with Gasteiger partial charge in [-0.3, -0.25) is 13.9 Å². The van der Waals surface area contributed by atoms with Crippen LogP contribution in [0.2, 0.25) is 0 Å². The molecule has 0 spiro atoms. The first-order chi connectivity index (χ1) is 10.4. The molecule has 2 rings (SSSR count). The van der Waals surface area contributed by atoms with Crippen LogP contribution in [0.4, 0.5) is 11.6 Å². The van der Waals surface area contributed by atoms with Gasteiger partial charge >= 0.3 is 5.69 Å². The summed E-state index contributed by atoms with van der Waals surface area (Å²) in [6, 6.07) is 0. The zero-order valence-electron chi connectivity index (χ0n) is 12.7. The Balaban J connectivity index is 2.50. The number of hydrogen-bond donors (Lipinski definition) is 1. The summed E-state index contributed by atoms with van der Waals surface area (Å²) >= 11 is 0. The molecule has 2 aromatic heterocycles. The maximum Gasteiger partial charge on any atom is 0.333 e. The largest absolute Gasteiger partial charge is 0.493 e. The van der Waals surface area contributed by atoms with Gasteiger partial charge in [-0.15, -0.1) is 10.2 Å². The van der Waals surface area contributed by atoms with E-state index in [0.717, 1.165) is 26.8 Å². The highest BCUT2D eigenvalue weighted by atomic mass is 16.3. The van der Waals surface area contributed by atoms with Gasteiger partial charge in [-0.25, -0.2) is 14.8 Å². The number of aryl methyl sites for hydroxylation is 2. The molecule has 0 unspecified atom stereocenters. The summed E-state index contributed by atoms with van der Waals surface area (Å²) in [5, 5.41) is 17.3. The molecule has 0 atom stereocenters. The fraction of sp³-hybridized carbons (Fsp3) is 0.385. The molecule has 9 heteroatoms. The Bertz CT molecular complexity index is 865. The van der Waals surface area contributed by atoms with E-state index >= 15 is 0 Å². The number of azo groups is 1. The molecular formula is C13H16N6O3. The molecule has 0 aliphatic carbocycles. The van der Waals surface area contributed by atoms with Crippen molar-refractivity contribution in [2.75, 3.05) is 0 Å². The highest BCUT2D eigenvalue weighted by molar-refractivity contribution is 5.44. The number of nitrogens with zero attached hydrogens (tertiary/aromatic N) is 6. The molecule has 0 aromatic carbocycles. The standard InChI is InChI=1S/C13H16N6O3/c1-5-8-6-14-12(15-7(8)2)17-16-9-10(20)18(3)13(22)19(4)11(9)21/h6,20H,5H2,1-4H3. The smallest absolute Gasteiger partial charge is 0.333 e. The average Bonchev–Trinajstić information content (AvgIpc) is 2.51. The van der Waals surface area contributed by atoms with E-state index in [1.165, 1.54) is 14.1 Å². The van der Waals surface area contributed by atoms with Crippen molar-refractivity contribution in [2.45, 2.75) is 20.3 Å². The van der Waals surface area contributed by atoms with Crippen molar-refractivity contribution in [3.8, 4) is 5.88 Å². The van der Waals surface area contributed by atoms with E-state index in [1.807, 2.05) is 13.8 Å². The monoisotopic (exact) mass is 304 g/mol. The molecular weight excluding hydrogens is 288 g/mol. The number of rotatable bonds is 3. The van der Waals surface area contributed by atoms with Gasteiger partial charge in [0.05, 0.1) is 0 Å². The Morgan fingerprint density at radius 3 is 2.50 bits per heavy atom. The minimum atomic E-state index is -0.744. The molecule has 9 nitrogen and oxygen atoms in total. The first-order valence-electron chi connectivity index (χ1n) is 6.60. The van der Waals surface area contributed by atoms with Crippen LogP contribution in [0.3, 0.4) is 0 Å². The highest BCUT2D eigenvalue weighted by Gasteiger charge is 2.14. The van der Waals surface area contributed by atoms with Gasteiger partial charge < -0.3 is 5.11 Å². The first-order valence-corrected chi connectivity index (χ1v) is 6.60. The van der Waals surface area contributed by atoms with E-state index in [2.05, 4.69) is 20.2 Å². The van der Waals surface area contributed by atoms with Crippen LogP contribution in [-0.4, -0.2) is 24.2 Å². The van der Waals surface area contributed by atoms with Crippen LogP contribution in [-0.2, 0) is 20.5 Å². The molecule has 0 fully saturated rings. The van der Waals surface area contributed by atoms with Crippen LogP contribution in [0.5, 0.6) is 5.88 Å². The van der Waals surface area contributed by atoms with Crippen molar-refractivity contribution in [3.63, 3.8) is 0 Å². The molecule has 0 radical (unpaired) electrons. The quantitative estimate of drug-likeness (QED) is 0.845. The molecule has 0 amide bonds. The Kier molecular flexibility index (Phi) is 4.15. The summed E-state index contributed by atoms with van der Waals surface area (Å²) in [6.45, 7) is 3.81. The van der Waals surface area contributed by atoms with Gasteiger partial charge in [-0.1, -0.05) is 6.92 Å². The lowest BCUT2D eigenvalue weighted by Crippen LogP contribution is -2.36. The van der Waals surface area contributed by atoms with E-state index in [-0.39, 0.29) is 11.6 Å². The van der Waals surface area contributed by atoms with Crippen LogP contribution in [0.15, 0.2) is 26.0 Å². The summed E-state index contributed by atoms with van der Waals surface area (Å²) in [5.41, 5.74) is 0.0152. The maximum absolute atomic E-state index is 11.9. The lowest BCUT2D eigenvalue weighted by molar-refractivity contribution is 0.413. The average molecular weight is 304 g/mol. The van der Waals surface area contributed by atoms with Crippen molar-refractivity contribution in [3.05, 3.63) is 38.3 Å². The predicted octanol–water partition coefficient (Wildman–Crippen LogP) is 0.866. The molecule has 0 saturated heterocycles. The fourth-order valence-corrected chi connectivity index (χ4v) is 1.87. The molecule has 0 bridgehead atoms. The molecule has 22 heavy (non-hydrogen) atoms. The van der Waals surface area contributed by atoms with Crippen molar-refractivity contribution in [1.29, 1.82) is 0 Å². The van der Waals surface area contributed by atoms with E-state index in [1.54, 1.807) is 6.20 Å². The second-order valence-corrected chi connectivity index (χ2v) is 4.71. The molecule has 0 saturated carbocycles. The highest BCUT2D eigenvalue weighted by Crippen LogP contribution is 2.20. The molecule has 116 valence electrons.